The molecule has 1 aliphatic rings. The summed E-state index contributed by atoms with van der Waals surface area (Å²) in [5.41, 5.74) is 17.9. The smallest absolute Gasteiger partial charge is 0.0462 e. The number of anilines is 6. The molecule has 0 aromatic heterocycles. The molecule has 0 N–H and O–H groups in total. The largest absolute Gasteiger partial charge is 0.311 e. The number of hydrogen-bond acceptors (Lipinski definition) is 2. The van der Waals surface area contributed by atoms with Crippen LogP contribution in [0.1, 0.15) is 29.0 Å². The Balaban J connectivity index is 0.853. The Morgan fingerprint density at radius 1 is 0.328 bits per heavy atom. The van der Waals surface area contributed by atoms with Crippen molar-refractivity contribution in [2.75, 3.05) is 9.80 Å². The van der Waals surface area contributed by atoms with Gasteiger partial charge in [-0.3, -0.25) is 0 Å². The van der Waals surface area contributed by atoms with E-state index < -0.39 is 0 Å². The molecule has 0 aliphatic heterocycles. The molecular weight excluding hydrogens is 773 g/mol. The second-order valence-corrected chi connectivity index (χ2v) is 16.5. The Morgan fingerprint density at radius 3 is 1.38 bits per heavy atom. The van der Waals surface area contributed by atoms with E-state index in [0.29, 0.717) is 5.92 Å². The van der Waals surface area contributed by atoms with Crippen LogP contribution in [0.3, 0.4) is 0 Å². The Hall–Kier alpha value is -8.20. The van der Waals surface area contributed by atoms with Gasteiger partial charge in [-0.05, 0) is 146 Å². The molecule has 0 heterocycles. The van der Waals surface area contributed by atoms with Crippen LogP contribution in [0.5, 0.6) is 0 Å². The van der Waals surface area contributed by atoms with E-state index >= 15 is 0 Å². The van der Waals surface area contributed by atoms with Crippen molar-refractivity contribution in [1.29, 1.82) is 0 Å². The maximum atomic E-state index is 2.35. The van der Waals surface area contributed by atoms with Crippen molar-refractivity contribution >= 4 is 51.0 Å². The molecule has 304 valence electrons. The van der Waals surface area contributed by atoms with Gasteiger partial charge in [0.1, 0.15) is 0 Å². The summed E-state index contributed by atoms with van der Waals surface area (Å²) in [7, 11) is 0. The summed E-state index contributed by atoms with van der Waals surface area (Å²) in [6, 6.07) is 90.1. The van der Waals surface area contributed by atoms with E-state index in [1.54, 1.807) is 0 Å². The van der Waals surface area contributed by atoms with Crippen LogP contribution in [0.25, 0.3) is 50.2 Å². The summed E-state index contributed by atoms with van der Waals surface area (Å²) in [6.45, 7) is 0. The fraction of sp³-hybridized carbons (Fsp3) is 0.0323. The van der Waals surface area contributed by atoms with E-state index in [0.717, 1.165) is 40.5 Å². The van der Waals surface area contributed by atoms with Crippen LogP contribution in [-0.4, -0.2) is 0 Å². The summed E-state index contributed by atoms with van der Waals surface area (Å²) in [5.74, 6) is 0.364. The SMILES string of the molecule is C1=Cc2ccccc2C(c2ccc(N(c3ccccc3)c3ccc(-c4cccc(-c5ccc(N(c6ccccc6)c6ccc(-c7cccc8ccccc78)cc6)cc5)c4)cc3)cc2)C1. The number of rotatable bonds is 10. The minimum absolute atomic E-state index is 0.364. The first-order valence-corrected chi connectivity index (χ1v) is 22.2. The first kappa shape index (κ1) is 38.7. The zero-order valence-electron chi connectivity index (χ0n) is 35.5. The molecule has 64 heavy (non-hydrogen) atoms. The van der Waals surface area contributed by atoms with Crippen LogP contribution < -0.4 is 9.80 Å². The number of hydrogen-bond donors (Lipinski definition) is 0. The van der Waals surface area contributed by atoms with Gasteiger partial charge in [-0.15, -0.1) is 0 Å². The zero-order chi connectivity index (χ0) is 42.7. The lowest BCUT2D eigenvalue weighted by Crippen LogP contribution is -2.10. The van der Waals surface area contributed by atoms with E-state index in [1.165, 1.54) is 60.8 Å². The third-order valence-electron chi connectivity index (χ3n) is 12.6. The number of para-hydroxylation sites is 2. The quantitative estimate of drug-likeness (QED) is 0.136. The Labute approximate surface area is 376 Å². The third kappa shape index (κ3) is 7.67. The lowest BCUT2D eigenvalue weighted by molar-refractivity contribution is 0.819. The first-order valence-electron chi connectivity index (χ1n) is 22.2. The number of fused-ring (bicyclic) bond motifs is 2. The lowest BCUT2D eigenvalue weighted by Gasteiger charge is -2.27. The second-order valence-electron chi connectivity index (χ2n) is 16.5. The van der Waals surface area contributed by atoms with Gasteiger partial charge in [0.2, 0.25) is 0 Å². The molecule has 11 rings (SSSR count). The van der Waals surface area contributed by atoms with Crippen molar-refractivity contribution in [3.05, 3.63) is 271 Å². The molecule has 0 bridgehead atoms. The molecule has 10 aromatic rings. The van der Waals surface area contributed by atoms with Crippen LogP contribution in [0, 0.1) is 0 Å². The number of benzene rings is 10. The van der Waals surface area contributed by atoms with Crippen molar-refractivity contribution in [2.45, 2.75) is 12.3 Å². The normalized spacial score (nSPS) is 13.0. The molecule has 0 radical (unpaired) electrons. The zero-order valence-corrected chi connectivity index (χ0v) is 35.5. The summed E-state index contributed by atoms with van der Waals surface area (Å²) in [4.78, 5) is 4.67. The highest BCUT2D eigenvalue weighted by Gasteiger charge is 2.20. The van der Waals surface area contributed by atoms with Crippen molar-refractivity contribution in [3.8, 4) is 33.4 Å². The van der Waals surface area contributed by atoms with Gasteiger partial charge in [0.05, 0.1) is 0 Å². The summed E-state index contributed by atoms with van der Waals surface area (Å²) in [6.07, 6.45) is 5.57. The molecule has 10 aromatic carbocycles. The summed E-state index contributed by atoms with van der Waals surface area (Å²) >= 11 is 0. The summed E-state index contributed by atoms with van der Waals surface area (Å²) < 4.78 is 0. The van der Waals surface area contributed by atoms with Crippen LogP contribution in [0.15, 0.2) is 255 Å². The van der Waals surface area contributed by atoms with Crippen molar-refractivity contribution < 1.29 is 0 Å². The second kappa shape index (κ2) is 17.3. The topological polar surface area (TPSA) is 6.48 Å². The van der Waals surface area contributed by atoms with Gasteiger partial charge < -0.3 is 9.80 Å². The molecule has 2 nitrogen and oxygen atoms in total. The monoisotopic (exact) mass is 818 g/mol. The standard InChI is InChI=1S/C62H46N2/c1-3-20-53(21-4-1)63(57-40-32-49(33-41-57)61-26-12-16-47-14-7-9-24-59(47)61)55-36-28-45(29-37-55)51-18-11-19-52(44-51)46-30-38-56(39-31-46)64(54-22-5-2-6-23-54)58-42-34-50(35-43-58)62-27-13-17-48-15-8-10-25-60(48)62/h1-26,28-44,62H,27H2. The Morgan fingerprint density at radius 2 is 0.781 bits per heavy atom. The van der Waals surface area contributed by atoms with Crippen molar-refractivity contribution in [1.82, 2.24) is 0 Å². The molecule has 1 atom stereocenters. The molecule has 0 saturated heterocycles. The van der Waals surface area contributed by atoms with E-state index in [4.69, 9.17) is 0 Å². The fourth-order valence-electron chi connectivity index (χ4n) is 9.41. The van der Waals surface area contributed by atoms with Crippen LogP contribution in [-0.2, 0) is 0 Å². The molecule has 0 saturated carbocycles. The van der Waals surface area contributed by atoms with Crippen molar-refractivity contribution in [2.24, 2.45) is 0 Å². The summed E-state index contributed by atoms with van der Waals surface area (Å²) in [5, 5.41) is 2.52. The molecule has 0 amide bonds. The molecule has 0 fully saturated rings. The minimum atomic E-state index is 0.364. The minimum Gasteiger partial charge on any atom is -0.311 e. The van der Waals surface area contributed by atoms with Crippen LogP contribution in [0.4, 0.5) is 34.1 Å². The Bertz CT molecular complexity index is 3200. The van der Waals surface area contributed by atoms with Crippen LogP contribution >= 0.6 is 0 Å². The van der Waals surface area contributed by atoms with Gasteiger partial charge in [-0.1, -0.05) is 182 Å². The van der Waals surface area contributed by atoms with Gasteiger partial charge in [0.15, 0.2) is 0 Å². The van der Waals surface area contributed by atoms with E-state index in [1.807, 2.05) is 0 Å². The van der Waals surface area contributed by atoms with Gasteiger partial charge in [0.25, 0.3) is 0 Å². The first-order chi connectivity index (χ1) is 31.7. The molecule has 2 heteroatoms. The third-order valence-corrected chi connectivity index (χ3v) is 12.6. The average Bonchev–Trinajstić information content (AvgIpc) is 3.38. The highest BCUT2D eigenvalue weighted by molar-refractivity contribution is 5.97. The molecular formula is C62H46N2. The van der Waals surface area contributed by atoms with Gasteiger partial charge in [-0.2, -0.15) is 0 Å². The van der Waals surface area contributed by atoms with E-state index in [9.17, 15) is 0 Å². The lowest BCUT2D eigenvalue weighted by atomic mass is 9.82. The van der Waals surface area contributed by atoms with Gasteiger partial charge >= 0.3 is 0 Å². The van der Waals surface area contributed by atoms with Crippen LogP contribution in [0.2, 0.25) is 0 Å². The number of allylic oxidation sites excluding steroid dienone is 1. The maximum absolute atomic E-state index is 2.35. The predicted octanol–water partition coefficient (Wildman–Crippen LogP) is 17.3. The Kier molecular flexibility index (Phi) is 10.5. The van der Waals surface area contributed by atoms with Gasteiger partial charge in [0, 0.05) is 40.0 Å². The highest BCUT2D eigenvalue weighted by Crippen LogP contribution is 2.41. The number of nitrogens with zero attached hydrogens (tertiary/aromatic N) is 2. The fourth-order valence-corrected chi connectivity index (χ4v) is 9.41. The molecule has 1 unspecified atom stereocenters. The van der Waals surface area contributed by atoms with Crippen molar-refractivity contribution in [3.63, 3.8) is 0 Å². The van der Waals surface area contributed by atoms with E-state index in [2.05, 4.69) is 271 Å². The molecule has 1 aliphatic carbocycles. The van der Waals surface area contributed by atoms with E-state index in [-0.39, 0.29) is 0 Å². The highest BCUT2D eigenvalue weighted by atomic mass is 15.1. The predicted molar refractivity (Wildman–Crippen MR) is 272 cm³/mol. The van der Waals surface area contributed by atoms with Gasteiger partial charge in [-0.25, -0.2) is 0 Å². The average molecular weight is 819 g/mol. The molecule has 0 spiro atoms. The maximum Gasteiger partial charge on any atom is 0.0462 e.